The Morgan fingerprint density at radius 3 is 1.51 bits per heavy atom. The minimum Gasteiger partial charge on any atom is -0.297 e. The van der Waals surface area contributed by atoms with Crippen LogP contribution in [-0.4, -0.2) is 0 Å². The Labute approximate surface area is 238 Å². The third-order valence-corrected chi connectivity index (χ3v) is 7.83. The van der Waals surface area contributed by atoms with E-state index >= 15 is 0 Å². The summed E-state index contributed by atoms with van der Waals surface area (Å²) < 4.78 is 0. The number of hydrogen-bond donors (Lipinski definition) is 1. The van der Waals surface area contributed by atoms with Crippen molar-refractivity contribution in [1.82, 2.24) is 5.43 Å². The second-order valence-electron chi connectivity index (χ2n) is 15.3. The smallest absolute Gasteiger partial charge is 0.0958 e. The summed E-state index contributed by atoms with van der Waals surface area (Å²) in [4.78, 5) is 0. The molecule has 1 aliphatic heterocycles. The average Bonchev–Trinajstić information content (AvgIpc) is 3.27. The first-order valence-corrected chi connectivity index (χ1v) is 14.6. The Morgan fingerprint density at radius 1 is 0.590 bits per heavy atom. The number of hydrogen-bond acceptors (Lipinski definition) is 2. The van der Waals surface area contributed by atoms with E-state index in [1.165, 1.54) is 22.3 Å². The lowest BCUT2D eigenvalue weighted by Crippen LogP contribution is -2.34. The molecule has 3 aromatic rings. The van der Waals surface area contributed by atoms with Gasteiger partial charge >= 0.3 is 0 Å². The van der Waals surface area contributed by atoms with Crippen molar-refractivity contribution in [2.45, 2.75) is 99.0 Å². The van der Waals surface area contributed by atoms with Gasteiger partial charge in [0.15, 0.2) is 0 Å². The molecule has 0 spiro atoms. The van der Waals surface area contributed by atoms with Gasteiger partial charge in [-0.1, -0.05) is 136 Å². The highest BCUT2D eigenvalue weighted by molar-refractivity contribution is 5.72. The van der Waals surface area contributed by atoms with Gasteiger partial charge in [0.1, 0.15) is 0 Å². The van der Waals surface area contributed by atoms with Crippen LogP contribution in [0, 0.1) is 10.8 Å². The van der Waals surface area contributed by atoms with E-state index in [4.69, 9.17) is 0 Å². The Balaban J connectivity index is 1.64. The highest BCUT2D eigenvalue weighted by Gasteiger charge is 2.31. The lowest BCUT2D eigenvalue weighted by Gasteiger charge is -2.33. The van der Waals surface area contributed by atoms with Crippen molar-refractivity contribution in [2.24, 2.45) is 10.8 Å². The molecule has 2 heteroatoms. The van der Waals surface area contributed by atoms with Crippen molar-refractivity contribution in [3.8, 4) is 0 Å². The van der Waals surface area contributed by atoms with Crippen LogP contribution in [-0.2, 0) is 10.8 Å². The highest BCUT2D eigenvalue weighted by atomic mass is 15.5. The predicted molar refractivity (Wildman–Crippen MR) is 170 cm³/mol. The molecule has 1 atom stereocenters. The highest BCUT2D eigenvalue weighted by Crippen LogP contribution is 2.40. The maximum Gasteiger partial charge on any atom is 0.0958 e. The molecule has 39 heavy (non-hydrogen) atoms. The molecule has 0 saturated carbocycles. The molecule has 0 saturated heterocycles. The third-order valence-electron chi connectivity index (χ3n) is 7.83. The number of nitrogens with zero attached hydrogens (tertiary/aromatic N) is 1. The topological polar surface area (TPSA) is 15.3 Å². The summed E-state index contributed by atoms with van der Waals surface area (Å²) in [5.41, 5.74) is 12.2. The zero-order valence-electron chi connectivity index (χ0n) is 26.0. The van der Waals surface area contributed by atoms with E-state index in [1.54, 1.807) is 0 Å². The Bertz CT molecular complexity index is 1260. The summed E-state index contributed by atoms with van der Waals surface area (Å²) in [6.07, 6.45) is 4.66. The summed E-state index contributed by atoms with van der Waals surface area (Å²) in [6.45, 7) is 23.4. The maximum absolute atomic E-state index is 3.74. The van der Waals surface area contributed by atoms with Gasteiger partial charge in [-0.15, -0.1) is 0 Å². The van der Waals surface area contributed by atoms with Crippen LogP contribution >= 0.6 is 0 Å². The number of benzene rings is 3. The van der Waals surface area contributed by atoms with Gasteiger partial charge in [0.2, 0.25) is 0 Å². The predicted octanol–water partition coefficient (Wildman–Crippen LogP) is 10.2. The van der Waals surface area contributed by atoms with Gasteiger partial charge in [0, 0.05) is 0 Å². The van der Waals surface area contributed by atoms with Crippen LogP contribution in [0.15, 0.2) is 84.9 Å². The molecule has 3 aromatic carbocycles. The van der Waals surface area contributed by atoms with Crippen molar-refractivity contribution < 1.29 is 0 Å². The van der Waals surface area contributed by atoms with E-state index in [1.807, 2.05) is 0 Å². The van der Waals surface area contributed by atoms with Crippen LogP contribution in [0.2, 0.25) is 0 Å². The molecule has 0 amide bonds. The van der Waals surface area contributed by atoms with Crippen molar-refractivity contribution in [3.63, 3.8) is 0 Å². The molecule has 0 aromatic heterocycles. The van der Waals surface area contributed by atoms with Crippen molar-refractivity contribution in [3.05, 3.63) is 107 Å². The molecular weight excluding hydrogens is 472 g/mol. The van der Waals surface area contributed by atoms with E-state index in [2.05, 4.69) is 165 Å². The standard InChI is InChI=1S/C37H50N2/c1-34(2,3)25-36(7,8)29-20-16-27(17-21-29)32-24-33(39(38-32)31-14-12-11-13-15-31)28-18-22-30(23-19-28)37(9,10)26-35(4,5)6/h11-24,33,38H,25-26H2,1-10H3. The Kier molecular flexibility index (Phi) is 7.83. The zero-order valence-corrected chi connectivity index (χ0v) is 26.0. The second-order valence-corrected chi connectivity index (χ2v) is 15.3. The molecule has 1 N–H and O–H groups in total. The molecule has 4 rings (SSSR count). The summed E-state index contributed by atoms with van der Waals surface area (Å²) >= 11 is 0. The summed E-state index contributed by atoms with van der Waals surface area (Å²) in [5.74, 6) is 0. The third kappa shape index (κ3) is 7.15. The average molecular weight is 523 g/mol. The van der Waals surface area contributed by atoms with Crippen LogP contribution in [0.25, 0.3) is 5.70 Å². The van der Waals surface area contributed by atoms with Crippen LogP contribution in [0.1, 0.15) is 110 Å². The first-order chi connectivity index (χ1) is 18.0. The van der Waals surface area contributed by atoms with Gasteiger partial charge in [-0.25, -0.2) is 0 Å². The number of hydrazine groups is 1. The minimum atomic E-state index is 0.110. The van der Waals surface area contributed by atoms with Crippen LogP contribution in [0.3, 0.4) is 0 Å². The van der Waals surface area contributed by atoms with E-state index in [-0.39, 0.29) is 22.3 Å². The van der Waals surface area contributed by atoms with Crippen molar-refractivity contribution in [2.75, 3.05) is 5.01 Å². The van der Waals surface area contributed by atoms with Gasteiger partial charge in [-0.2, -0.15) is 0 Å². The van der Waals surface area contributed by atoms with E-state index < -0.39 is 0 Å². The molecule has 0 bridgehead atoms. The summed E-state index contributed by atoms with van der Waals surface area (Å²) in [5, 5.41) is 2.29. The minimum absolute atomic E-state index is 0.110. The lowest BCUT2D eigenvalue weighted by atomic mass is 9.72. The van der Waals surface area contributed by atoms with Gasteiger partial charge in [0.05, 0.1) is 17.4 Å². The normalized spacial score (nSPS) is 16.7. The largest absolute Gasteiger partial charge is 0.297 e. The molecule has 0 aliphatic carbocycles. The lowest BCUT2D eigenvalue weighted by molar-refractivity contribution is 0.283. The van der Waals surface area contributed by atoms with Crippen LogP contribution < -0.4 is 10.4 Å². The Hall–Kier alpha value is -3.00. The zero-order chi connectivity index (χ0) is 28.6. The molecule has 2 nitrogen and oxygen atoms in total. The molecule has 208 valence electrons. The van der Waals surface area contributed by atoms with Gasteiger partial charge in [-0.05, 0) is 75.0 Å². The van der Waals surface area contributed by atoms with Crippen molar-refractivity contribution in [1.29, 1.82) is 0 Å². The van der Waals surface area contributed by atoms with E-state index in [9.17, 15) is 0 Å². The van der Waals surface area contributed by atoms with Crippen LogP contribution in [0.5, 0.6) is 0 Å². The summed E-state index contributed by atoms with van der Waals surface area (Å²) in [6, 6.07) is 29.3. The van der Waals surface area contributed by atoms with Crippen LogP contribution in [0.4, 0.5) is 5.69 Å². The SMILES string of the molecule is CC(C)(C)CC(C)(C)c1ccc(C2=CC(c3ccc(C(C)(C)CC(C)(C)C)cc3)N(c3ccccc3)N2)cc1. The summed E-state index contributed by atoms with van der Waals surface area (Å²) in [7, 11) is 0. The number of rotatable bonds is 7. The van der Waals surface area contributed by atoms with E-state index in [0.717, 1.165) is 24.2 Å². The van der Waals surface area contributed by atoms with Gasteiger partial charge in [0.25, 0.3) is 0 Å². The molecule has 0 fully saturated rings. The fourth-order valence-electron chi connectivity index (χ4n) is 6.78. The number of para-hydroxylation sites is 1. The number of anilines is 1. The molecular formula is C37H50N2. The number of nitrogens with one attached hydrogen (secondary N) is 1. The fraction of sp³-hybridized carbons (Fsp3) is 0.459. The first kappa shape index (κ1) is 29.0. The Morgan fingerprint density at radius 2 is 1.05 bits per heavy atom. The maximum atomic E-state index is 3.74. The molecule has 1 heterocycles. The first-order valence-electron chi connectivity index (χ1n) is 14.6. The fourth-order valence-corrected chi connectivity index (χ4v) is 6.78. The second kappa shape index (κ2) is 10.5. The van der Waals surface area contributed by atoms with Gasteiger partial charge in [-0.3, -0.25) is 10.4 Å². The molecule has 1 aliphatic rings. The van der Waals surface area contributed by atoms with Crippen molar-refractivity contribution >= 4 is 11.4 Å². The van der Waals surface area contributed by atoms with Gasteiger partial charge < -0.3 is 0 Å². The quantitative estimate of drug-likeness (QED) is 0.332. The monoisotopic (exact) mass is 522 g/mol. The van der Waals surface area contributed by atoms with E-state index in [0.29, 0.717) is 5.41 Å². The molecule has 1 unspecified atom stereocenters. The molecule has 0 radical (unpaired) electrons.